The van der Waals surface area contributed by atoms with E-state index in [1.165, 1.54) is 5.56 Å². The molecule has 22 heavy (non-hydrogen) atoms. The maximum Gasteiger partial charge on any atom is 0.209 e. The molecular formula is C16H14BrN3OS. The molecule has 112 valence electrons. The zero-order valence-electron chi connectivity index (χ0n) is 11.9. The van der Waals surface area contributed by atoms with Crippen LogP contribution in [0.15, 0.2) is 58.2 Å². The molecule has 0 saturated heterocycles. The number of aromatic nitrogens is 3. The summed E-state index contributed by atoms with van der Waals surface area (Å²) < 4.78 is 6.24. The van der Waals surface area contributed by atoms with E-state index >= 15 is 0 Å². The second kappa shape index (κ2) is 6.98. The van der Waals surface area contributed by atoms with Crippen molar-refractivity contribution in [3.05, 3.63) is 58.6 Å². The van der Waals surface area contributed by atoms with Crippen LogP contribution in [0.2, 0.25) is 0 Å². The van der Waals surface area contributed by atoms with Crippen molar-refractivity contribution >= 4 is 27.7 Å². The van der Waals surface area contributed by atoms with Crippen molar-refractivity contribution in [2.75, 3.05) is 7.11 Å². The molecule has 4 nitrogen and oxygen atoms in total. The smallest absolute Gasteiger partial charge is 0.209 e. The second-order valence-corrected chi connectivity index (χ2v) is 6.47. The molecule has 1 aromatic heterocycles. The predicted octanol–water partition coefficient (Wildman–Crippen LogP) is 4.54. The minimum atomic E-state index is 0.744. The molecule has 1 N–H and O–H groups in total. The van der Waals surface area contributed by atoms with Gasteiger partial charge >= 0.3 is 0 Å². The van der Waals surface area contributed by atoms with Crippen LogP contribution in [0, 0.1) is 0 Å². The molecule has 0 aliphatic rings. The van der Waals surface area contributed by atoms with E-state index in [9.17, 15) is 0 Å². The van der Waals surface area contributed by atoms with E-state index < -0.39 is 0 Å². The zero-order valence-corrected chi connectivity index (χ0v) is 14.3. The van der Waals surface area contributed by atoms with Gasteiger partial charge in [-0.2, -0.15) is 0 Å². The molecular weight excluding hydrogens is 362 g/mol. The third-order valence-electron chi connectivity index (χ3n) is 3.11. The molecule has 0 atom stereocenters. The Balaban J connectivity index is 1.66. The summed E-state index contributed by atoms with van der Waals surface area (Å²) in [7, 11) is 1.65. The van der Waals surface area contributed by atoms with Crippen molar-refractivity contribution in [2.45, 2.75) is 10.9 Å². The number of thioether (sulfide) groups is 1. The molecule has 0 saturated carbocycles. The van der Waals surface area contributed by atoms with E-state index in [-0.39, 0.29) is 0 Å². The lowest BCUT2D eigenvalue weighted by Gasteiger charge is -2.00. The molecule has 6 heteroatoms. The van der Waals surface area contributed by atoms with Gasteiger partial charge < -0.3 is 4.74 Å². The summed E-state index contributed by atoms with van der Waals surface area (Å²) in [6.45, 7) is 0. The molecule has 0 aliphatic carbocycles. The maximum absolute atomic E-state index is 5.15. The Morgan fingerprint density at radius 2 is 1.82 bits per heavy atom. The van der Waals surface area contributed by atoms with Gasteiger partial charge in [-0.05, 0) is 42.0 Å². The number of benzene rings is 2. The number of rotatable bonds is 5. The molecule has 3 aromatic rings. The number of aromatic amines is 1. The Labute approximate surface area is 141 Å². The average Bonchev–Trinajstić information content (AvgIpc) is 3.03. The van der Waals surface area contributed by atoms with Crippen LogP contribution in [0.1, 0.15) is 5.56 Å². The lowest BCUT2D eigenvalue weighted by Crippen LogP contribution is -1.84. The monoisotopic (exact) mass is 375 g/mol. The van der Waals surface area contributed by atoms with E-state index in [1.807, 2.05) is 36.4 Å². The molecule has 0 aliphatic heterocycles. The van der Waals surface area contributed by atoms with Crippen molar-refractivity contribution in [2.24, 2.45) is 0 Å². The third kappa shape index (κ3) is 3.69. The van der Waals surface area contributed by atoms with Crippen LogP contribution in [-0.4, -0.2) is 22.3 Å². The van der Waals surface area contributed by atoms with Gasteiger partial charge in [0, 0.05) is 15.8 Å². The summed E-state index contributed by atoms with van der Waals surface area (Å²) in [6.07, 6.45) is 0. The second-order valence-electron chi connectivity index (χ2n) is 4.61. The van der Waals surface area contributed by atoms with Gasteiger partial charge in [0.15, 0.2) is 5.82 Å². The highest BCUT2D eigenvalue weighted by Gasteiger charge is 2.07. The van der Waals surface area contributed by atoms with Gasteiger partial charge in [-0.25, -0.2) is 4.98 Å². The van der Waals surface area contributed by atoms with Crippen LogP contribution in [0.3, 0.4) is 0 Å². The van der Waals surface area contributed by atoms with E-state index in [0.29, 0.717) is 0 Å². The Bertz CT molecular complexity index is 741. The highest BCUT2D eigenvalue weighted by molar-refractivity contribution is 9.10. The first-order valence-corrected chi connectivity index (χ1v) is 8.46. The number of hydrogen-bond donors (Lipinski definition) is 1. The Kier molecular flexibility index (Phi) is 4.80. The van der Waals surface area contributed by atoms with Gasteiger partial charge in [0.1, 0.15) is 5.75 Å². The van der Waals surface area contributed by atoms with Crippen molar-refractivity contribution in [1.82, 2.24) is 15.2 Å². The normalized spacial score (nSPS) is 10.6. The van der Waals surface area contributed by atoms with Crippen LogP contribution >= 0.6 is 27.7 Å². The van der Waals surface area contributed by atoms with Crippen molar-refractivity contribution < 1.29 is 4.74 Å². The number of nitrogens with zero attached hydrogens (tertiary/aromatic N) is 2. The lowest BCUT2D eigenvalue weighted by molar-refractivity contribution is 0.415. The first kappa shape index (κ1) is 15.1. The number of nitrogens with one attached hydrogen (secondary N) is 1. The largest absolute Gasteiger partial charge is 0.497 e. The fourth-order valence-corrected chi connectivity index (χ4v) is 2.94. The Morgan fingerprint density at radius 3 is 2.50 bits per heavy atom. The maximum atomic E-state index is 5.15. The van der Waals surface area contributed by atoms with Crippen LogP contribution in [0.5, 0.6) is 5.75 Å². The van der Waals surface area contributed by atoms with Crippen LogP contribution < -0.4 is 4.74 Å². The molecule has 0 amide bonds. The van der Waals surface area contributed by atoms with Gasteiger partial charge in [0.05, 0.1) is 7.11 Å². The van der Waals surface area contributed by atoms with E-state index in [2.05, 4.69) is 43.2 Å². The molecule has 0 unspecified atom stereocenters. The number of ether oxygens (including phenoxy) is 1. The minimum Gasteiger partial charge on any atom is -0.497 e. The van der Waals surface area contributed by atoms with E-state index in [4.69, 9.17) is 4.74 Å². The Morgan fingerprint density at radius 1 is 1.09 bits per heavy atom. The van der Waals surface area contributed by atoms with Crippen molar-refractivity contribution in [3.8, 4) is 17.1 Å². The van der Waals surface area contributed by atoms with Gasteiger partial charge in [-0.3, -0.25) is 5.10 Å². The van der Waals surface area contributed by atoms with E-state index in [1.54, 1.807) is 18.9 Å². The molecule has 2 aromatic carbocycles. The number of H-pyrrole nitrogens is 1. The Hall–Kier alpha value is -1.79. The van der Waals surface area contributed by atoms with Gasteiger partial charge in [-0.15, -0.1) is 5.10 Å². The summed E-state index contributed by atoms with van der Waals surface area (Å²) in [5.74, 6) is 2.43. The molecule has 1 heterocycles. The topological polar surface area (TPSA) is 50.8 Å². The van der Waals surface area contributed by atoms with Crippen LogP contribution in [0.4, 0.5) is 0 Å². The fraction of sp³-hybridized carbons (Fsp3) is 0.125. The quantitative estimate of drug-likeness (QED) is 0.665. The van der Waals surface area contributed by atoms with Gasteiger partial charge in [0.2, 0.25) is 5.16 Å². The number of methoxy groups -OCH3 is 1. The molecule has 0 radical (unpaired) electrons. The summed E-state index contributed by atoms with van der Waals surface area (Å²) in [6, 6.07) is 16.0. The third-order valence-corrected chi connectivity index (χ3v) is 4.56. The zero-order chi connectivity index (χ0) is 15.4. The molecule has 3 rings (SSSR count). The highest BCUT2D eigenvalue weighted by Crippen LogP contribution is 2.24. The van der Waals surface area contributed by atoms with Crippen LogP contribution in [0.25, 0.3) is 11.4 Å². The number of halogens is 1. The minimum absolute atomic E-state index is 0.744. The lowest BCUT2D eigenvalue weighted by atomic mass is 10.2. The first-order chi connectivity index (χ1) is 10.7. The summed E-state index contributed by atoms with van der Waals surface area (Å²) in [4.78, 5) is 4.51. The molecule has 0 bridgehead atoms. The predicted molar refractivity (Wildman–Crippen MR) is 92.1 cm³/mol. The van der Waals surface area contributed by atoms with Gasteiger partial charge in [0.25, 0.3) is 0 Å². The van der Waals surface area contributed by atoms with Crippen molar-refractivity contribution in [3.63, 3.8) is 0 Å². The first-order valence-electron chi connectivity index (χ1n) is 6.68. The van der Waals surface area contributed by atoms with Gasteiger partial charge in [-0.1, -0.05) is 39.8 Å². The standard InChI is InChI=1S/C16H14BrN3OS/c1-21-14-8-4-12(5-9-14)15-18-16(20-19-15)22-10-11-2-6-13(17)7-3-11/h2-9H,10H2,1H3,(H,18,19,20). The summed E-state index contributed by atoms with van der Waals surface area (Å²) >= 11 is 5.04. The van der Waals surface area contributed by atoms with Crippen LogP contribution in [-0.2, 0) is 5.75 Å². The fourth-order valence-electron chi connectivity index (χ4n) is 1.92. The summed E-state index contributed by atoms with van der Waals surface area (Å²) in [5.41, 5.74) is 2.23. The molecule has 0 fully saturated rings. The highest BCUT2D eigenvalue weighted by atomic mass is 79.9. The summed E-state index contributed by atoms with van der Waals surface area (Å²) in [5, 5.41) is 7.97. The SMILES string of the molecule is COc1ccc(-c2nc(SCc3ccc(Br)cc3)n[nH]2)cc1. The van der Waals surface area contributed by atoms with E-state index in [0.717, 1.165) is 32.5 Å². The average molecular weight is 376 g/mol. The van der Waals surface area contributed by atoms with Crippen molar-refractivity contribution in [1.29, 1.82) is 0 Å². The molecule has 0 spiro atoms. The number of hydrogen-bond acceptors (Lipinski definition) is 4.